The van der Waals surface area contributed by atoms with Crippen LogP contribution < -0.4 is 11.1 Å². The Bertz CT molecular complexity index is 732. The van der Waals surface area contributed by atoms with Crippen LogP contribution in [-0.2, 0) is 0 Å². The van der Waals surface area contributed by atoms with E-state index in [1.54, 1.807) is 13.0 Å². The largest absolute Gasteiger partial charge is 0.508 e. The van der Waals surface area contributed by atoms with E-state index in [0.29, 0.717) is 16.8 Å². The van der Waals surface area contributed by atoms with Gasteiger partial charge in [-0.25, -0.2) is 4.39 Å². The summed E-state index contributed by atoms with van der Waals surface area (Å²) in [5.74, 6) is -0.782. The molecule has 0 bridgehead atoms. The molecule has 0 saturated heterocycles. The van der Waals surface area contributed by atoms with Crippen molar-refractivity contribution in [1.82, 2.24) is 0 Å². The van der Waals surface area contributed by atoms with E-state index in [2.05, 4.69) is 5.32 Å². The molecule has 0 fully saturated rings. The van der Waals surface area contributed by atoms with E-state index in [4.69, 9.17) is 18.0 Å². The Morgan fingerprint density at radius 1 is 1.29 bits per heavy atom. The molecule has 0 saturated carbocycles. The number of hydrogen-bond acceptors (Lipinski definition) is 3. The number of aryl methyl sites for hydroxylation is 1. The number of rotatable bonds is 3. The molecule has 0 aliphatic carbocycles. The minimum absolute atomic E-state index is 0.00770. The second-order valence-electron chi connectivity index (χ2n) is 4.51. The van der Waals surface area contributed by atoms with Crippen molar-refractivity contribution < 1.29 is 14.3 Å². The minimum Gasteiger partial charge on any atom is -0.508 e. The Morgan fingerprint density at radius 2 is 2.00 bits per heavy atom. The number of hydrogen-bond donors (Lipinski definition) is 3. The maximum Gasteiger partial charge on any atom is 0.255 e. The molecule has 0 aromatic heterocycles. The van der Waals surface area contributed by atoms with E-state index in [1.807, 2.05) is 0 Å². The molecular formula is C15H13FN2O2S. The smallest absolute Gasteiger partial charge is 0.255 e. The molecule has 4 nitrogen and oxygen atoms in total. The van der Waals surface area contributed by atoms with E-state index in [0.717, 1.165) is 0 Å². The van der Waals surface area contributed by atoms with Gasteiger partial charge >= 0.3 is 0 Å². The number of phenolic OH excluding ortho intramolecular Hbond substituents is 1. The normalized spacial score (nSPS) is 10.2. The van der Waals surface area contributed by atoms with Crippen molar-refractivity contribution in [2.75, 3.05) is 5.32 Å². The van der Waals surface area contributed by atoms with E-state index >= 15 is 0 Å². The summed E-state index contributed by atoms with van der Waals surface area (Å²) in [6, 6.07) is 8.24. The average Bonchev–Trinajstić information content (AvgIpc) is 2.43. The number of halogens is 1. The van der Waals surface area contributed by atoms with Gasteiger partial charge in [-0.3, -0.25) is 4.79 Å². The van der Waals surface area contributed by atoms with Gasteiger partial charge in [0, 0.05) is 11.1 Å². The topological polar surface area (TPSA) is 75.4 Å². The first kappa shape index (κ1) is 14.9. The predicted molar refractivity (Wildman–Crippen MR) is 83.1 cm³/mol. The third-order valence-corrected chi connectivity index (χ3v) is 3.17. The number of carbonyl (C=O) groups excluding carboxylic acids is 1. The molecule has 4 N–H and O–H groups in total. The third-order valence-electron chi connectivity index (χ3n) is 2.95. The molecule has 6 heteroatoms. The highest BCUT2D eigenvalue weighted by atomic mass is 32.1. The number of phenols is 1. The lowest BCUT2D eigenvalue weighted by atomic mass is 10.1. The van der Waals surface area contributed by atoms with Crippen molar-refractivity contribution in [3.05, 3.63) is 58.9 Å². The van der Waals surface area contributed by atoms with Gasteiger partial charge in [0.25, 0.3) is 5.91 Å². The van der Waals surface area contributed by atoms with Crippen LogP contribution in [0.3, 0.4) is 0 Å². The Labute approximate surface area is 126 Å². The molecular weight excluding hydrogens is 291 g/mol. The lowest BCUT2D eigenvalue weighted by Crippen LogP contribution is -2.18. The zero-order valence-electron chi connectivity index (χ0n) is 11.2. The Balaban J connectivity index is 2.31. The van der Waals surface area contributed by atoms with Crippen LogP contribution in [0.4, 0.5) is 10.1 Å². The summed E-state index contributed by atoms with van der Waals surface area (Å²) in [6.45, 7) is 1.68. The SMILES string of the molecule is Cc1cc(C(=O)Nc2ccc(F)cc2C(N)=S)ccc1O. The zero-order valence-corrected chi connectivity index (χ0v) is 12.0. The van der Waals surface area contributed by atoms with Gasteiger partial charge in [-0.05, 0) is 48.9 Å². The molecule has 2 aromatic rings. The molecule has 21 heavy (non-hydrogen) atoms. The minimum atomic E-state index is -0.490. The highest BCUT2D eigenvalue weighted by Crippen LogP contribution is 2.20. The summed E-state index contributed by atoms with van der Waals surface area (Å²) in [7, 11) is 0. The number of nitrogens with one attached hydrogen (secondary N) is 1. The zero-order chi connectivity index (χ0) is 15.6. The Hall–Kier alpha value is -2.47. The van der Waals surface area contributed by atoms with Gasteiger partial charge in [-0.2, -0.15) is 0 Å². The fourth-order valence-electron chi connectivity index (χ4n) is 1.82. The highest BCUT2D eigenvalue weighted by Gasteiger charge is 2.12. The van der Waals surface area contributed by atoms with Gasteiger partial charge in [0.15, 0.2) is 0 Å². The van der Waals surface area contributed by atoms with E-state index in [1.165, 1.54) is 30.3 Å². The molecule has 0 radical (unpaired) electrons. The van der Waals surface area contributed by atoms with Crippen molar-refractivity contribution in [3.63, 3.8) is 0 Å². The second-order valence-corrected chi connectivity index (χ2v) is 4.95. The molecule has 0 heterocycles. The van der Waals surface area contributed by atoms with Crippen LogP contribution in [0.15, 0.2) is 36.4 Å². The van der Waals surface area contributed by atoms with Crippen LogP contribution in [0.25, 0.3) is 0 Å². The van der Waals surface area contributed by atoms with E-state index in [9.17, 15) is 14.3 Å². The van der Waals surface area contributed by atoms with Gasteiger partial charge in [-0.15, -0.1) is 0 Å². The molecule has 0 atom stereocenters. The molecule has 0 unspecified atom stereocenters. The van der Waals surface area contributed by atoms with E-state index < -0.39 is 11.7 Å². The van der Waals surface area contributed by atoms with Gasteiger partial charge < -0.3 is 16.2 Å². The van der Waals surface area contributed by atoms with Crippen molar-refractivity contribution in [3.8, 4) is 5.75 Å². The van der Waals surface area contributed by atoms with Crippen LogP contribution in [0.1, 0.15) is 21.5 Å². The first-order valence-electron chi connectivity index (χ1n) is 6.09. The number of anilines is 1. The van der Waals surface area contributed by atoms with E-state index in [-0.39, 0.29) is 16.3 Å². The van der Waals surface area contributed by atoms with Gasteiger partial charge in [0.2, 0.25) is 0 Å². The van der Waals surface area contributed by atoms with Gasteiger partial charge in [0.05, 0.1) is 5.69 Å². The fourth-order valence-corrected chi connectivity index (χ4v) is 1.99. The average molecular weight is 304 g/mol. The van der Waals surface area contributed by atoms with Crippen LogP contribution in [0, 0.1) is 12.7 Å². The van der Waals surface area contributed by atoms with Gasteiger partial charge in [0.1, 0.15) is 16.6 Å². The molecule has 1 amide bonds. The fraction of sp³-hybridized carbons (Fsp3) is 0.0667. The number of benzene rings is 2. The molecule has 0 aliphatic rings. The first-order valence-corrected chi connectivity index (χ1v) is 6.49. The number of carbonyl (C=O) groups is 1. The van der Waals surface area contributed by atoms with Crippen LogP contribution >= 0.6 is 12.2 Å². The van der Waals surface area contributed by atoms with Crippen molar-refractivity contribution in [2.45, 2.75) is 6.92 Å². The van der Waals surface area contributed by atoms with Crippen LogP contribution in [0.2, 0.25) is 0 Å². The first-order chi connectivity index (χ1) is 9.88. The molecule has 2 rings (SSSR count). The Kier molecular flexibility index (Phi) is 4.18. The predicted octanol–water partition coefficient (Wildman–Crippen LogP) is 2.73. The summed E-state index contributed by atoms with van der Waals surface area (Å²) < 4.78 is 13.2. The van der Waals surface area contributed by atoms with Gasteiger partial charge in [-0.1, -0.05) is 12.2 Å². The van der Waals surface area contributed by atoms with Crippen molar-refractivity contribution in [2.24, 2.45) is 5.73 Å². The summed E-state index contributed by atoms with van der Waals surface area (Å²) in [4.78, 5) is 12.2. The monoisotopic (exact) mass is 304 g/mol. The van der Waals surface area contributed by atoms with Crippen molar-refractivity contribution >= 4 is 28.8 Å². The summed E-state index contributed by atoms with van der Waals surface area (Å²) in [5, 5.41) is 12.1. The summed E-state index contributed by atoms with van der Waals surface area (Å²) in [6.07, 6.45) is 0. The number of thiocarbonyl (C=S) groups is 1. The molecule has 2 aromatic carbocycles. The number of amides is 1. The molecule has 108 valence electrons. The van der Waals surface area contributed by atoms with Crippen LogP contribution in [-0.4, -0.2) is 16.0 Å². The summed E-state index contributed by atoms with van der Waals surface area (Å²) >= 11 is 4.84. The second kappa shape index (κ2) is 5.88. The van der Waals surface area contributed by atoms with Crippen molar-refractivity contribution in [1.29, 1.82) is 0 Å². The molecule has 0 aliphatic heterocycles. The standard InChI is InChI=1S/C15H13FN2O2S/c1-8-6-9(2-5-13(8)19)15(20)18-12-4-3-10(16)7-11(12)14(17)21/h2-7,19H,1H3,(H2,17,21)(H,18,20). The lowest BCUT2D eigenvalue weighted by Gasteiger charge is -2.11. The maximum atomic E-state index is 13.2. The highest BCUT2D eigenvalue weighted by molar-refractivity contribution is 7.80. The maximum absolute atomic E-state index is 13.2. The summed E-state index contributed by atoms with van der Waals surface area (Å²) in [5.41, 5.74) is 7.06. The lowest BCUT2D eigenvalue weighted by molar-refractivity contribution is 0.102. The van der Waals surface area contributed by atoms with Crippen LogP contribution in [0.5, 0.6) is 5.75 Å². The molecule has 0 spiro atoms. The third kappa shape index (κ3) is 3.35. The number of aromatic hydroxyl groups is 1. The Morgan fingerprint density at radius 3 is 2.62 bits per heavy atom. The quantitative estimate of drug-likeness (QED) is 0.762. The number of nitrogens with two attached hydrogens (primary N) is 1.